The molecular formula is C12H14N2O. The van der Waals surface area contributed by atoms with Gasteiger partial charge in [0.1, 0.15) is 5.82 Å². The summed E-state index contributed by atoms with van der Waals surface area (Å²) in [6.07, 6.45) is 8.47. The molecule has 15 heavy (non-hydrogen) atoms. The largest absolute Gasteiger partial charge is 0.307 e. The Balaban J connectivity index is 2.59. The molecule has 3 heteroatoms. The number of nitrogens with one attached hydrogen (secondary N) is 1. The predicted octanol–water partition coefficient (Wildman–Crippen LogP) is 2.46. The van der Waals surface area contributed by atoms with E-state index in [0.29, 0.717) is 5.82 Å². The quantitative estimate of drug-likeness (QED) is 0.604. The summed E-state index contributed by atoms with van der Waals surface area (Å²) in [6, 6.07) is 3.70. The van der Waals surface area contributed by atoms with Gasteiger partial charge < -0.3 is 5.32 Å². The zero-order chi connectivity index (χ0) is 11.1. The lowest BCUT2D eigenvalue weighted by Gasteiger charge is -2.00. The standard InChI is InChI=1S/C12H14N2O/c1-3-4-5-6-12(15)14-11-9-10(2)7-8-13-11/h3-9H,1-2H3,(H,13,14,15)/b4-3+,6-5+. The van der Waals surface area contributed by atoms with Gasteiger partial charge in [0.25, 0.3) is 0 Å². The van der Waals surface area contributed by atoms with E-state index in [9.17, 15) is 4.79 Å². The minimum absolute atomic E-state index is 0.175. The van der Waals surface area contributed by atoms with Crippen LogP contribution < -0.4 is 5.32 Å². The van der Waals surface area contributed by atoms with E-state index in [4.69, 9.17) is 0 Å². The van der Waals surface area contributed by atoms with E-state index in [1.165, 1.54) is 6.08 Å². The summed E-state index contributed by atoms with van der Waals surface area (Å²) in [5, 5.41) is 2.67. The SMILES string of the molecule is C/C=C/C=C/C(=O)Nc1cc(C)ccn1. The summed E-state index contributed by atoms with van der Waals surface area (Å²) in [4.78, 5) is 15.4. The first-order valence-electron chi connectivity index (χ1n) is 4.75. The number of amides is 1. The van der Waals surface area contributed by atoms with Crippen LogP contribution in [-0.4, -0.2) is 10.9 Å². The number of carbonyl (C=O) groups is 1. The molecule has 0 aliphatic rings. The Labute approximate surface area is 89.5 Å². The Morgan fingerprint density at radius 2 is 2.27 bits per heavy atom. The van der Waals surface area contributed by atoms with Crippen molar-refractivity contribution < 1.29 is 4.79 Å². The number of pyridine rings is 1. The fourth-order valence-electron chi connectivity index (χ4n) is 1.03. The van der Waals surface area contributed by atoms with Gasteiger partial charge in [-0.05, 0) is 31.5 Å². The summed E-state index contributed by atoms with van der Waals surface area (Å²) < 4.78 is 0. The number of carbonyl (C=O) groups excluding carboxylic acids is 1. The molecule has 0 atom stereocenters. The molecule has 1 aromatic rings. The molecule has 0 fully saturated rings. The number of anilines is 1. The normalized spacial score (nSPS) is 11.1. The summed E-state index contributed by atoms with van der Waals surface area (Å²) in [6.45, 7) is 3.84. The fraction of sp³-hybridized carbons (Fsp3) is 0.167. The lowest BCUT2D eigenvalue weighted by Crippen LogP contribution is -2.08. The number of allylic oxidation sites excluding steroid dienone is 3. The second-order valence-electron chi connectivity index (χ2n) is 3.09. The molecule has 0 aromatic carbocycles. The highest BCUT2D eigenvalue weighted by atomic mass is 16.1. The third-order valence-electron chi connectivity index (χ3n) is 1.72. The number of hydrogen-bond donors (Lipinski definition) is 1. The van der Waals surface area contributed by atoms with Crippen LogP contribution in [0.3, 0.4) is 0 Å². The van der Waals surface area contributed by atoms with Gasteiger partial charge in [0.2, 0.25) is 5.91 Å². The molecule has 0 saturated heterocycles. The van der Waals surface area contributed by atoms with Crippen molar-refractivity contribution >= 4 is 11.7 Å². The van der Waals surface area contributed by atoms with Crippen LogP contribution in [-0.2, 0) is 4.79 Å². The number of aromatic nitrogens is 1. The average Bonchev–Trinajstić information content (AvgIpc) is 2.18. The molecule has 1 rings (SSSR count). The molecule has 0 aliphatic carbocycles. The van der Waals surface area contributed by atoms with Gasteiger partial charge in [-0.2, -0.15) is 0 Å². The van der Waals surface area contributed by atoms with E-state index < -0.39 is 0 Å². The average molecular weight is 202 g/mol. The fourth-order valence-corrected chi connectivity index (χ4v) is 1.03. The number of rotatable bonds is 3. The molecule has 0 aliphatic heterocycles. The van der Waals surface area contributed by atoms with Crippen LogP contribution in [0.5, 0.6) is 0 Å². The van der Waals surface area contributed by atoms with E-state index in [-0.39, 0.29) is 5.91 Å². The van der Waals surface area contributed by atoms with Crippen LogP contribution >= 0.6 is 0 Å². The summed E-state index contributed by atoms with van der Waals surface area (Å²) >= 11 is 0. The van der Waals surface area contributed by atoms with Gasteiger partial charge in [-0.3, -0.25) is 4.79 Å². The van der Waals surface area contributed by atoms with E-state index in [2.05, 4.69) is 10.3 Å². The molecule has 1 aromatic heterocycles. The first-order chi connectivity index (χ1) is 7.22. The minimum Gasteiger partial charge on any atom is -0.307 e. The smallest absolute Gasteiger partial charge is 0.249 e. The van der Waals surface area contributed by atoms with Crippen LogP contribution in [0.15, 0.2) is 42.6 Å². The van der Waals surface area contributed by atoms with Gasteiger partial charge in [0.05, 0.1) is 0 Å². The van der Waals surface area contributed by atoms with E-state index in [0.717, 1.165) is 5.56 Å². The Morgan fingerprint density at radius 3 is 2.93 bits per heavy atom. The van der Waals surface area contributed by atoms with Crippen molar-refractivity contribution in [3.8, 4) is 0 Å². The molecule has 3 nitrogen and oxygen atoms in total. The van der Waals surface area contributed by atoms with Crippen molar-refractivity contribution in [1.29, 1.82) is 0 Å². The number of aryl methyl sites for hydroxylation is 1. The van der Waals surface area contributed by atoms with Gasteiger partial charge in [0, 0.05) is 12.3 Å². The van der Waals surface area contributed by atoms with Crippen LogP contribution in [0.1, 0.15) is 12.5 Å². The lowest BCUT2D eigenvalue weighted by molar-refractivity contribution is -0.111. The number of hydrogen-bond acceptors (Lipinski definition) is 2. The minimum atomic E-state index is -0.175. The van der Waals surface area contributed by atoms with Crippen molar-refractivity contribution in [1.82, 2.24) is 4.98 Å². The van der Waals surface area contributed by atoms with E-state index >= 15 is 0 Å². The molecule has 0 radical (unpaired) electrons. The highest BCUT2D eigenvalue weighted by Gasteiger charge is 1.97. The summed E-state index contributed by atoms with van der Waals surface area (Å²) in [5.74, 6) is 0.399. The second kappa shape index (κ2) is 5.75. The maximum Gasteiger partial charge on any atom is 0.249 e. The monoisotopic (exact) mass is 202 g/mol. The third kappa shape index (κ3) is 4.22. The maximum absolute atomic E-state index is 11.3. The molecule has 1 N–H and O–H groups in total. The zero-order valence-corrected chi connectivity index (χ0v) is 8.90. The Bertz CT molecular complexity index is 394. The Morgan fingerprint density at radius 1 is 1.47 bits per heavy atom. The van der Waals surface area contributed by atoms with E-state index in [1.54, 1.807) is 18.3 Å². The Kier molecular flexibility index (Phi) is 4.29. The number of nitrogens with zero attached hydrogens (tertiary/aromatic N) is 1. The molecule has 0 unspecified atom stereocenters. The van der Waals surface area contributed by atoms with Gasteiger partial charge >= 0.3 is 0 Å². The molecule has 1 amide bonds. The van der Waals surface area contributed by atoms with Crippen molar-refractivity contribution in [2.75, 3.05) is 5.32 Å². The van der Waals surface area contributed by atoms with Crippen LogP contribution in [0.2, 0.25) is 0 Å². The topological polar surface area (TPSA) is 42.0 Å². The first kappa shape index (κ1) is 11.2. The summed E-state index contributed by atoms with van der Waals surface area (Å²) in [7, 11) is 0. The first-order valence-corrected chi connectivity index (χ1v) is 4.75. The van der Waals surface area contributed by atoms with Gasteiger partial charge in [-0.1, -0.05) is 18.2 Å². The van der Waals surface area contributed by atoms with Gasteiger partial charge in [-0.25, -0.2) is 4.98 Å². The highest BCUT2D eigenvalue weighted by molar-refractivity contribution is 5.98. The molecule has 0 spiro atoms. The van der Waals surface area contributed by atoms with Crippen molar-refractivity contribution in [3.63, 3.8) is 0 Å². The summed E-state index contributed by atoms with van der Waals surface area (Å²) in [5.41, 5.74) is 1.07. The predicted molar refractivity (Wildman–Crippen MR) is 61.6 cm³/mol. The zero-order valence-electron chi connectivity index (χ0n) is 8.90. The Hall–Kier alpha value is -1.90. The van der Waals surface area contributed by atoms with Crippen molar-refractivity contribution in [2.24, 2.45) is 0 Å². The molecule has 78 valence electrons. The molecule has 1 heterocycles. The maximum atomic E-state index is 11.3. The van der Waals surface area contributed by atoms with Crippen molar-refractivity contribution in [2.45, 2.75) is 13.8 Å². The van der Waals surface area contributed by atoms with Gasteiger partial charge in [-0.15, -0.1) is 0 Å². The van der Waals surface area contributed by atoms with Crippen molar-refractivity contribution in [3.05, 3.63) is 48.2 Å². The molecular weight excluding hydrogens is 188 g/mol. The van der Waals surface area contributed by atoms with Crippen LogP contribution in [0, 0.1) is 6.92 Å². The lowest BCUT2D eigenvalue weighted by atomic mass is 10.3. The van der Waals surface area contributed by atoms with Crippen LogP contribution in [0.4, 0.5) is 5.82 Å². The molecule has 0 saturated carbocycles. The van der Waals surface area contributed by atoms with Gasteiger partial charge in [0.15, 0.2) is 0 Å². The highest BCUT2D eigenvalue weighted by Crippen LogP contribution is 2.04. The molecule has 0 bridgehead atoms. The van der Waals surface area contributed by atoms with Crippen LogP contribution in [0.25, 0.3) is 0 Å². The van der Waals surface area contributed by atoms with E-state index in [1.807, 2.05) is 32.1 Å². The second-order valence-corrected chi connectivity index (χ2v) is 3.09. The third-order valence-corrected chi connectivity index (χ3v) is 1.72.